The smallest absolute Gasteiger partial charge is 0.215 e. The van der Waals surface area contributed by atoms with Crippen LogP contribution in [0.25, 0.3) is 0 Å². The lowest BCUT2D eigenvalue weighted by molar-refractivity contribution is -0.128. The Morgan fingerprint density at radius 2 is 2.07 bits per heavy atom. The van der Waals surface area contributed by atoms with Crippen molar-refractivity contribution in [2.75, 3.05) is 32.1 Å². The Kier molecular flexibility index (Phi) is 5.43. The highest BCUT2D eigenvalue weighted by Gasteiger charge is 2.65. The van der Waals surface area contributed by atoms with Crippen LogP contribution in [0.2, 0.25) is 0 Å². The largest absolute Gasteiger partial charge is 0.488 e. The molecule has 0 aromatic heterocycles. The molecule has 0 amide bonds. The van der Waals surface area contributed by atoms with E-state index >= 15 is 0 Å². The van der Waals surface area contributed by atoms with Crippen LogP contribution in [0, 0.1) is 28.4 Å². The van der Waals surface area contributed by atoms with Crippen molar-refractivity contribution < 1.29 is 31.5 Å². The van der Waals surface area contributed by atoms with Crippen LogP contribution in [0.4, 0.5) is 8.78 Å². The van der Waals surface area contributed by atoms with Crippen LogP contribution >= 0.6 is 0 Å². The van der Waals surface area contributed by atoms with E-state index in [1.165, 1.54) is 4.31 Å². The minimum atomic E-state index is -3.70. The first kappa shape index (κ1) is 21.6. The van der Waals surface area contributed by atoms with E-state index < -0.39 is 33.2 Å². The maximum atomic E-state index is 13.7. The molecule has 9 heteroatoms. The first-order valence-electron chi connectivity index (χ1n) is 10.3. The zero-order valence-electron chi connectivity index (χ0n) is 17.2. The Morgan fingerprint density at radius 3 is 2.73 bits per heavy atom. The van der Waals surface area contributed by atoms with E-state index in [4.69, 9.17) is 9.47 Å². The van der Waals surface area contributed by atoms with Crippen molar-refractivity contribution in [3.63, 3.8) is 0 Å². The van der Waals surface area contributed by atoms with E-state index in [0.29, 0.717) is 12.8 Å². The molecule has 1 saturated heterocycles. The van der Waals surface area contributed by atoms with Crippen LogP contribution in [0.5, 0.6) is 5.75 Å². The van der Waals surface area contributed by atoms with Crippen LogP contribution in [0.3, 0.4) is 0 Å². The van der Waals surface area contributed by atoms with Gasteiger partial charge in [-0.05, 0) is 36.3 Å². The number of halogens is 2. The molecule has 1 aromatic carbocycles. The first-order valence-corrected chi connectivity index (χ1v) is 11.9. The van der Waals surface area contributed by atoms with Gasteiger partial charge in [-0.25, -0.2) is 17.2 Å². The second-order valence-corrected chi connectivity index (χ2v) is 11.1. The third kappa shape index (κ3) is 3.54. The lowest BCUT2D eigenvalue weighted by Gasteiger charge is -2.39. The maximum absolute atomic E-state index is 13.7. The fourth-order valence-electron chi connectivity index (χ4n) is 5.33. The van der Waals surface area contributed by atoms with Gasteiger partial charge in [-0.2, -0.15) is 4.31 Å². The number of fused-ring (bicyclic) bond motifs is 2. The standard InChI is InChI=1S/C21H27F2NO5S/c1-20(2)14-5-6-21(20,19(25)9-14)13-30(26,27)24-7-8-28-16(11-24)12-29-18-10-15(22)3-4-17(18)23/h3-4,10,14,16H,5-9,11-13H2,1-2H3/t14-,16?,21-/m0/s1. The molecule has 1 heterocycles. The molecule has 1 aliphatic heterocycles. The number of sulfonamides is 1. The summed E-state index contributed by atoms with van der Waals surface area (Å²) in [6, 6.07) is 2.90. The normalized spacial score (nSPS) is 31.3. The van der Waals surface area contributed by atoms with Crippen molar-refractivity contribution in [3.05, 3.63) is 29.8 Å². The van der Waals surface area contributed by atoms with Crippen LogP contribution in [-0.2, 0) is 19.6 Å². The van der Waals surface area contributed by atoms with Gasteiger partial charge in [-0.3, -0.25) is 4.79 Å². The summed E-state index contributed by atoms with van der Waals surface area (Å²) in [5.74, 6) is -1.46. The average Bonchev–Trinajstić information content (AvgIpc) is 3.03. The number of carbonyl (C=O) groups is 1. The Labute approximate surface area is 175 Å². The fraction of sp³-hybridized carbons (Fsp3) is 0.667. The molecular weight excluding hydrogens is 416 g/mol. The van der Waals surface area contributed by atoms with E-state index in [-0.39, 0.29) is 54.9 Å². The summed E-state index contributed by atoms with van der Waals surface area (Å²) >= 11 is 0. The molecule has 3 atom stereocenters. The summed E-state index contributed by atoms with van der Waals surface area (Å²) in [7, 11) is -3.70. The highest BCUT2D eigenvalue weighted by atomic mass is 32.2. The molecule has 1 unspecified atom stereocenters. The van der Waals surface area contributed by atoms with Gasteiger partial charge in [-0.15, -0.1) is 0 Å². The first-order chi connectivity index (χ1) is 14.0. The number of carbonyl (C=O) groups excluding carboxylic acids is 1. The quantitative estimate of drug-likeness (QED) is 0.676. The molecule has 3 aliphatic rings. The molecule has 6 nitrogen and oxygen atoms in total. The summed E-state index contributed by atoms with van der Waals surface area (Å²) in [6.45, 7) is 4.33. The molecule has 4 rings (SSSR count). The van der Waals surface area contributed by atoms with Crippen LogP contribution in [0.15, 0.2) is 18.2 Å². The number of Topliss-reactive ketones (excluding diaryl/α,β-unsaturated/α-hetero) is 1. The van der Waals surface area contributed by atoms with Gasteiger partial charge in [0.2, 0.25) is 10.0 Å². The molecule has 2 bridgehead atoms. The minimum absolute atomic E-state index is 0.0490. The van der Waals surface area contributed by atoms with Gasteiger partial charge < -0.3 is 9.47 Å². The van der Waals surface area contributed by atoms with Gasteiger partial charge in [0.05, 0.1) is 12.4 Å². The molecule has 2 aliphatic carbocycles. The molecule has 0 spiro atoms. The van der Waals surface area contributed by atoms with Gasteiger partial charge in [0.15, 0.2) is 11.6 Å². The molecule has 3 fully saturated rings. The average molecular weight is 444 g/mol. The Morgan fingerprint density at radius 1 is 1.30 bits per heavy atom. The van der Waals surface area contributed by atoms with E-state index in [0.717, 1.165) is 24.6 Å². The number of ketones is 1. The number of morpholine rings is 1. The highest BCUT2D eigenvalue weighted by Crippen LogP contribution is 2.64. The lowest BCUT2D eigenvalue weighted by atomic mass is 9.70. The van der Waals surface area contributed by atoms with Crippen molar-refractivity contribution in [1.29, 1.82) is 0 Å². The van der Waals surface area contributed by atoms with Crippen LogP contribution in [0.1, 0.15) is 33.1 Å². The lowest BCUT2D eigenvalue weighted by Crippen LogP contribution is -2.52. The van der Waals surface area contributed by atoms with Crippen molar-refractivity contribution >= 4 is 15.8 Å². The predicted molar refractivity (Wildman–Crippen MR) is 106 cm³/mol. The summed E-state index contributed by atoms with van der Waals surface area (Å²) in [5.41, 5.74) is -1.16. The molecule has 1 aromatic rings. The van der Waals surface area contributed by atoms with Crippen molar-refractivity contribution in [3.8, 4) is 5.75 Å². The number of ether oxygens (including phenoxy) is 2. The Balaban J connectivity index is 1.44. The maximum Gasteiger partial charge on any atom is 0.215 e. The molecule has 166 valence electrons. The monoisotopic (exact) mass is 443 g/mol. The zero-order valence-corrected chi connectivity index (χ0v) is 18.0. The van der Waals surface area contributed by atoms with Crippen LogP contribution in [-0.4, -0.2) is 56.7 Å². The number of hydrogen-bond donors (Lipinski definition) is 0. The van der Waals surface area contributed by atoms with Crippen LogP contribution < -0.4 is 4.74 Å². The molecule has 0 radical (unpaired) electrons. The van der Waals surface area contributed by atoms with E-state index in [2.05, 4.69) is 0 Å². The zero-order chi connectivity index (χ0) is 21.7. The molecule has 2 saturated carbocycles. The molecule has 30 heavy (non-hydrogen) atoms. The number of nitrogens with zero attached hydrogens (tertiary/aromatic N) is 1. The van der Waals surface area contributed by atoms with Gasteiger partial charge >= 0.3 is 0 Å². The number of hydrogen-bond acceptors (Lipinski definition) is 5. The van der Waals surface area contributed by atoms with Crippen molar-refractivity contribution in [1.82, 2.24) is 4.31 Å². The topological polar surface area (TPSA) is 72.9 Å². The van der Waals surface area contributed by atoms with Gasteiger partial charge in [0.25, 0.3) is 0 Å². The summed E-state index contributed by atoms with van der Waals surface area (Å²) in [6.07, 6.45) is 1.34. The third-order valence-electron chi connectivity index (χ3n) is 7.38. The predicted octanol–water partition coefficient (Wildman–Crippen LogP) is 2.77. The molecular formula is C21H27F2NO5S. The summed E-state index contributed by atoms with van der Waals surface area (Å²) < 4.78 is 65.8. The summed E-state index contributed by atoms with van der Waals surface area (Å²) in [5, 5.41) is 0. The SMILES string of the molecule is CC1(C)[C@H]2CC[C@]1(CS(=O)(=O)N1CCOC(COc3cc(F)ccc3F)C1)C(=O)C2. The van der Waals surface area contributed by atoms with E-state index in [9.17, 15) is 22.0 Å². The third-order valence-corrected chi connectivity index (χ3v) is 9.36. The number of rotatable bonds is 6. The molecule has 0 N–H and O–H groups in total. The second-order valence-electron chi connectivity index (χ2n) is 9.16. The van der Waals surface area contributed by atoms with Gasteiger partial charge in [0, 0.05) is 31.0 Å². The summed E-state index contributed by atoms with van der Waals surface area (Å²) in [4.78, 5) is 12.7. The van der Waals surface area contributed by atoms with Gasteiger partial charge in [0.1, 0.15) is 24.3 Å². The second kappa shape index (κ2) is 7.53. The highest BCUT2D eigenvalue weighted by molar-refractivity contribution is 7.89. The van der Waals surface area contributed by atoms with E-state index in [1.807, 2.05) is 13.8 Å². The van der Waals surface area contributed by atoms with Crippen molar-refractivity contribution in [2.24, 2.45) is 16.7 Å². The van der Waals surface area contributed by atoms with Gasteiger partial charge in [-0.1, -0.05) is 13.8 Å². The fourth-order valence-corrected chi connectivity index (χ4v) is 7.56. The number of benzene rings is 1. The van der Waals surface area contributed by atoms with E-state index in [1.54, 1.807) is 0 Å². The van der Waals surface area contributed by atoms with Crippen molar-refractivity contribution in [2.45, 2.75) is 39.2 Å². The minimum Gasteiger partial charge on any atom is -0.488 e. The Hall–Kier alpha value is -1.58. The Bertz CT molecular complexity index is 951.